The van der Waals surface area contributed by atoms with Gasteiger partial charge in [0.2, 0.25) is 0 Å². The molecule has 2 aromatic rings. The molecule has 5 heteroatoms. The molecule has 1 aliphatic rings. The minimum atomic E-state index is -0.142. The molecule has 0 saturated carbocycles. The van der Waals surface area contributed by atoms with Gasteiger partial charge in [-0.1, -0.05) is 29.8 Å². The fourth-order valence-electron chi connectivity index (χ4n) is 2.10. The van der Waals surface area contributed by atoms with Crippen molar-refractivity contribution >= 4 is 29.3 Å². The smallest absolute Gasteiger partial charge is 0.276 e. The lowest BCUT2D eigenvalue weighted by molar-refractivity contribution is -0.122. The summed E-state index contributed by atoms with van der Waals surface area (Å²) < 4.78 is 5.26. The van der Waals surface area contributed by atoms with E-state index in [9.17, 15) is 4.79 Å². The number of carbonyl (C=O) groups is 1. The summed E-state index contributed by atoms with van der Waals surface area (Å²) in [4.78, 5) is 13.9. The number of amides is 1. The summed E-state index contributed by atoms with van der Waals surface area (Å²) in [7, 11) is 0. The fourth-order valence-corrected chi connectivity index (χ4v) is 2.36. The topological polar surface area (TPSA) is 45.5 Å². The van der Waals surface area contributed by atoms with Crippen molar-refractivity contribution in [3.63, 3.8) is 0 Å². The van der Waals surface area contributed by atoms with E-state index in [0.29, 0.717) is 23.1 Å². The van der Waals surface area contributed by atoms with Crippen LogP contribution in [0.25, 0.3) is 6.08 Å². The van der Waals surface area contributed by atoms with Crippen LogP contribution in [0.3, 0.4) is 0 Å². The quantitative estimate of drug-likeness (QED) is 0.699. The third-order valence-corrected chi connectivity index (χ3v) is 3.57. The Balaban J connectivity index is 1.81. The van der Waals surface area contributed by atoms with Crippen LogP contribution in [0, 0.1) is 6.92 Å². The monoisotopic (exact) mass is 298 g/mol. The molecule has 1 saturated heterocycles. The van der Waals surface area contributed by atoms with Crippen molar-refractivity contribution in [3.8, 4) is 0 Å². The van der Waals surface area contributed by atoms with Gasteiger partial charge in [-0.2, -0.15) is 0 Å². The van der Waals surface area contributed by atoms with Crippen molar-refractivity contribution in [2.75, 3.05) is 0 Å². The minimum Gasteiger partial charge on any atom is -0.467 e. The summed E-state index contributed by atoms with van der Waals surface area (Å²) in [5.41, 5.74) is 2.62. The van der Waals surface area contributed by atoms with Crippen molar-refractivity contribution in [1.82, 2.24) is 10.2 Å². The van der Waals surface area contributed by atoms with Crippen molar-refractivity contribution in [3.05, 3.63) is 65.2 Å². The van der Waals surface area contributed by atoms with Gasteiger partial charge in [-0.15, -0.1) is 0 Å². The highest BCUT2D eigenvalue weighted by Crippen LogP contribution is 2.17. The molecule has 2 heterocycles. The van der Waals surface area contributed by atoms with Gasteiger partial charge in [0.1, 0.15) is 11.5 Å². The van der Waals surface area contributed by atoms with E-state index in [0.717, 1.165) is 5.56 Å². The van der Waals surface area contributed by atoms with Crippen LogP contribution in [-0.2, 0) is 11.3 Å². The Hall–Kier alpha value is -2.40. The molecule has 1 aliphatic heterocycles. The summed E-state index contributed by atoms with van der Waals surface area (Å²) in [6, 6.07) is 11.5. The molecule has 0 atom stereocenters. The molecule has 1 N–H and O–H groups in total. The number of carbonyl (C=O) groups excluding carboxylic acids is 1. The molecule has 4 nitrogen and oxygen atoms in total. The second-order valence-electron chi connectivity index (χ2n) is 4.87. The third-order valence-electron chi connectivity index (χ3n) is 3.24. The van der Waals surface area contributed by atoms with Gasteiger partial charge >= 0.3 is 0 Å². The molecule has 1 aromatic carbocycles. The Bertz CT molecular complexity index is 702. The SMILES string of the molecule is Cc1ccc(C=C2NC(=S)N(Cc3ccco3)C2=O)cc1. The van der Waals surface area contributed by atoms with E-state index in [1.54, 1.807) is 18.4 Å². The average Bonchev–Trinajstić information content (AvgIpc) is 3.06. The zero-order chi connectivity index (χ0) is 14.8. The third kappa shape index (κ3) is 2.87. The highest BCUT2D eigenvalue weighted by Gasteiger charge is 2.31. The van der Waals surface area contributed by atoms with Crippen molar-refractivity contribution in [2.45, 2.75) is 13.5 Å². The van der Waals surface area contributed by atoms with Gasteiger partial charge in [-0.05, 0) is 42.9 Å². The summed E-state index contributed by atoms with van der Waals surface area (Å²) in [6.45, 7) is 2.36. The van der Waals surface area contributed by atoms with Gasteiger partial charge in [0.25, 0.3) is 5.91 Å². The number of furan rings is 1. The molecule has 0 radical (unpaired) electrons. The van der Waals surface area contributed by atoms with E-state index in [1.807, 2.05) is 37.3 Å². The summed E-state index contributed by atoms with van der Waals surface area (Å²) in [6.07, 6.45) is 3.38. The summed E-state index contributed by atoms with van der Waals surface area (Å²) in [5.74, 6) is 0.557. The number of nitrogens with one attached hydrogen (secondary N) is 1. The number of hydrogen-bond donors (Lipinski definition) is 1. The van der Waals surface area contributed by atoms with Crippen LogP contribution in [0.15, 0.2) is 52.8 Å². The van der Waals surface area contributed by atoms with Crippen molar-refractivity contribution in [2.24, 2.45) is 0 Å². The molecule has 0 spiro atoms. The first-order valence-corrected chi connectivity index (χ1v) is 6.98. The zero-order valence-corrected chi connectivity index (χ0v) is 12.3. The molecule has 1 aromatic heterocycles. The van der Waals surface area contributed by atoms with Crippen LogP contribution < -0.4 is 5.32 Å². The molecule has 21 heavy (non-hydrogen) atoms. The Labute approximate surface area is 128 Å². The zero-order valence-electron chi connectivity index (χ0n) is 11.5. The van der Waals surface area contributed by atoms with Crippen LogP contribution in [-0.4, -0.2) is 15.9 Å². The van der Waals surface area contributed by atoms with Crippen molar-refractivity contribution < 1.29 is 9.21 Å². The normalized spacial score (nSPS) is 16.6. The standard InChI is InChI=1S/C16H14N2O2S/c1-11-4-6-12(7-5-11)9-14-15(19)18(16(21)17-14)10-13-3-2-8-20-13/h2-9H,10H2,1H3,(H,17,21). The first-order valence-electron chi connectivity index (χ1n) is 6.57. The van der Waals surface area contributed by atoms with Crippen LogP contribution in [0.1, 0.15) is 16.9 Å². The maximum absolute atomic E-state index is 12.4. The summed E-state index contributed by atoms with van der Waals surface area (Å²) >= 11 is 5.22. The van der Waals surface area contributed by atoms with E-state index < -0.39 is 0 Å². The molecule has 0 bridgehead atoms. The van der Waals surface area contributed by atoms with Gasteiger partial charge in [0.15, 0.2) is 5.11 Å². The van der Waals surface area contributed by atoms with Gasteiger partial charge in [0.05, 0.1) is 12.8 Å². The van der Waals surface area contributed by atoms with E-state index in [2.05, 4.69) is 5.32 Å². The first kappa shape index (κ1) is 13.6. The molecule has 1 fully saturated rings. The number of aryl methyl sites for hydroxylation is 1. The predicted octanol–water partition coefficient (Wildman–Crippen LogP) is 2.85. The van der Waals surface area contributed by atoms with Crippen LogP contribution in [0.2, 0.25) is 0 Å². The Morgan fingerprint density at radius 1 is 1.29 bits per heavy atom. The van der Waals surface area contributed by atoms with E-state index in [4.69, 9.17) is 16.6 Å². The molecule has 106 valence electrons. The fraction of sp³-hybridized carbons (Fsp3) is 0.125. The second-order valence-corrected chi connectivity index (χ2v) is 5.26. The lowest BCUT2D eigenvalue weighted by Crippen LogP contribution is -2.29. The van der Waals surface area contributed by atoms with Gasteiger partial charge in [-0.3, -0.25) is 9.69 Å². The van der Waals surface area contributed by atoms with E-state index in [1.165, 1.54) is 10.5 Å². The molecule has 1 amide bonds. The van der Waals surface area contributed by atoms with Crippen molar-refractivity contribution in [1.29, 1.82) is 0 Å². The molecule has 0 aliphatic carbocycles. The lowest BCUT2D eigenvalue weighted by atomic mass is 10.1. The molecule has 0 unspecified atom stereocenters. The van der Waals surface area contributed by atoms with Crippen LogP contribution >= 0.6 is 12.2 Å². The number of rotatable bonds is 3. The van der Waals surface area contributed by atoms with E-state index in [-0.39, 0.29) is 5.91 Å². The number of hydrogen-bond acceptors (Lipinski definition) is 3. The van der Waals surface area contributed by atoms with Gasteiger partial charge in [-0.25, -0.2) is 0 Å². The average molecular weight is 298 g/mol. The Morgan fingerprint density at radius 3 is 2.71 bits per heavy atom. The number of nitrogens with zero attached hydrogens (tertiary/aromatic N) is 1. The Morgan fingerprint density at radius 2 is 2.05 bits per heavy atom. The molecular weight excluding hydrogens is 284 g/mol. The highest BCUT2D eigenvalue weighted by atomic mass is 32.1. The lowest BCUT2D eigenvalue weighted by Gasteiger charge is -2.11. The van der Waals surface area contributed by atoms with Gasteiger partial charge < -0.3 is 9.73 Å². The van der Waals surface area contributed by atoms with Gasteiger partial charge in [0, 0.05) is 0 Å². The van der Waals surface area contributed by atoms with E-state index >= 15 is 0 Å². The van der Waals surface area contributed by atoms with Crippen LogP contribution in [0.5, 0.6) is 0 Å². The maximum atomic E-state index is 12.4. The largest absolute Gasteiger partial charge is 0.467 e. The summed E-state index contributed by atoms with van der Waals surface area (Å²) in [5, 5.41) is 3.35. The maximum Gasteiger partial charge on any atom is 0.276 e. The Kier molecular flexibility index (Phi) is 3.58. The molecule has 3 rings (SSSR count). The number of thiocarbonyl (C=S) groups is 1. The second kappa shape index (κ2) is 5.54. The number of benzene rings is 1. The predicted molar refractivity (Wildman–Crippen MR) is 84.1 cm³/mol. The van der Waals surface area contributed by atoms with Crippen LogP contribution in [0.4, 0.5) is 0 Å². The molecular formula is C16H14N2O2S. The first-order chi connectivity index (χ1) is 10.1. The highest BCUT2D eigenvalue weighted by molar-refractivity contribution is 7.80. The minimum absolute atomic E-state index is 0.142.